The smallest absolute Gasteiger partial charge is 0.268 e. The fourth-order valence-corrected chi connectivity index (χ4v) is 3.98. The number of aryl methyl sites for hydroxylation is 2. The van der Waals surface area contributed by atoms with Crippen LogP contribution in [-0.2, 0) is 10.0 Å². The number of thiazole rings is 1. The fourth-order valence-electron chi connectivity index (χ4n) is 2.08. The number of carbonyl (C=O) groups excluding carboxylic acids is 1. The van der Waals surface area contributed by atoms with E-state index in [4.69, 9.17) is 0 Å². The number of sulfonamides is 1. The first-order valence-corrected chi connectivity index (χ1v) is 9.18. The summed E-state index contributed by atoms with van der Waals surface area (Å²) in [4.78, 5) is 20.1. The van der Waals surface area contributed by atoms with Gasteiger partial charge in [0, 0.05) is 10.9 Å². The van der Waals surface area contributed by atoms with Crippen LogP contribution in [0.3, 0.4) is 0 Å². The fraction of sp³-hybridized carbons (Fsp3) is 0.143. The van der Waals surface area contributed by atoms with Crippen LogP contribution in [0.1, 0.15) is 20.9 Å². The predicted molar refractivity (Wildman–Crippen MR) is 87.6 cm³/mol. The van der Waals surface area contributed by atoms with Gasteiger partial charge in [0.05, 0.1) is 10.7 Å². The molecule has 0 spiro atoms. The molecule has 0 aliphatic heterocycles. The predicted octanol–water partition coefficient (Wildman–Crippen LogP) is 1.46. The summed E-state index contributed by atoms with van der Waals surface area (Å²) >= 11 is 1.20. The zero-order valence-corrected chi connectivity index (χ0v) is 14.4. The molecule has 0 aliphatic carbocycles. The van der Waals surface area contributed by atoms with Gasteiger partial charge in [-0.2, -0.15) is 13.5 Å². The summed E-state index contributed by atoms with van der Waals surface area (Å²) in [5.41, 5.74) is 1.60. The van der Waals surface area contributed by atoms with E-state index in [1.54, 1.807) is 36.7 Å². The number of benzene rings is 1. The average molecular weight is 363 g/mol. The van der Waals surface area contributed by atoms with E-state index in [0.29, 0.717) is 10.6 Å². The van der Waals surface area contributed by atoms with Crippen molar-refractivity contribution in [3.05, 3.63) is 52.4 Å². The summed E-state index contributed by atoms with van der Waals surface area (Å²) in [5.74, 6) is -0.705. The lowest BCUT2D eigenvalue weighted by Crippen LogP contribution is -2.31. The summed E-state index contributed by atoms with van der Waals surface area (Å²) in [5, 5.41) is 5.85. The zero-order chi connectivity index (χ0) is 17.3. The van der Waals surface area contributed by atoms with Crippen molar-refractivity contribution in [2.45, 2.75) is 18.9 Å². The highest BCUT2D eigenvalue weighted by molar-refractivity contribution is 7.90. The SMILES string of the molecule is Cc1nc(S(=O)(=O)NC(=O)c2ccc(-n3cncn3)cc2C)cs1. The van der Waals surface area contributed by atoms with E-state index in [0.717, 1.165) is 5.69 Å². The van der Waals surface area contributed by atoms with E-state index in [1.807, 2.05) is 4.72 Å². The van der Waals surface area contributed by atoms with Crippen LogP contribution in [0.4, 0.5) is 0 Å². The van der Waals surface area contributed by atoms with Crippen molar-refractivity contribution in [1.82, 2.24) is 24.5 Å². The Bertz CT molecular complexity index is 993. The van der Waals surface area contributed by atoms with Crippen LogP contribution < -0.4 is 4.72 Å². The van der Waals surface area contributed by atoms with Gasteiger partial charge in [-0.15, -0.1) is 11.3 Å². The molecule has 10 heteroatoms. The molecule has 0 fully saturated rings. The third kappa shape index (κ3) is 3.19. The Hall–Kier alpha value is -2.59. The van der Waals surface area contributed by atoms with Gasteiger partial charge < -0.3 is 0 Å². The molecule has 2 aromatic heterocycles. The van der Waals surface area contributed by atoms with E-state index in [9.17, 15) is 13.2 Å². The van der Waals surface area contributed by atoms with Crippen LogP contribution in [0.15, 0.2) is 41.3 Å². The summed E-state index contributed by atoms with van der Waals surface area (Å²) in [7, 11) is -3.98. The highest BCUT2D eigenvalue weighted by Crippen LogP contribution is 2.16. The number of hydrogen-bond donors (Lipinski definition) is 1. The summed E-state index contributed by atoms with van der Waals surface area (Å²) in [6.07, 6.45) is 2.93. The van der Waals surface area contributed by atoms with Gasteiger partial charge in [-0.1, -0.05) is 0 Å². The average Bonchev–Trinajstić information content (AvgIpc) is 3.17. The van der Waals surface area contributed by atoms with Crippen molar-refractivity contribution in [3.63, 3.8) is 0 Å². The van der Waals surface area contributed by atoms with Crippen LogP contribution in [-0.4, -0.2) is 34.1 Å². The number of nitrogens with one attached hydrogen (secondary N) is 1. The second-order valence-corrected chi connectivity index (χ2v) is 7.67. The van der Waals surface area contributed by atoms with Crippen molar-refractivity contribution in [2.75, 3.05) is 0 Å². The molecule has 24 heavy (non-hydrogen) atoms. The Morgan fingerprint density at radius 1 is 1.29 bits per heavy atom. The number of carbonyl (C=O) groups is 1. The number of aromatic nitrogens is 4. The van der Waals surface area contributed by atoms with Crippen molar-refractivity contribution in [3.8, 4) is 5.69 Å². The van der Waals surface area contributed by atoms with Gasteiger partial charge in [0.2, 0.25) is 0 Å². The second kappa shape index (κ2) is 6.13. The van der Waals surface area contributed by atoms with Gasteiger partial charge in [0.15, 0.2) is 5.03 Å². The van der Waals surface area contributed by atoms with Crippen LogP contribution in [0.25, 0.3) is 5.69 Å². The number of hydrogen-bond acceptors (Lipinski definition) is 7. The van der Waals surface area contributed by atoms with Crippen LogP contribution in [0.2, 0.25) is 0 Å². The number of nitrogens with zero attached hydrogens (tertiary/aromatic N) is 4. The molecule has 0 saturated heterocycles. The normalized spacial score (nSPS) is 11.4. The van der Waals surface area contributed by atoms with Crippen molar-refractivity contribution < 1.29 is 13.2 Å². The maximum Gasteiger partial charge on any atom is 0.282 e. The van der Waals surface area contributed by atoms with Crippen LogP contribution >= 0.6 is 11.3 Å². The van der Waals surface area contributed by atoms with Gasteiger partial charge in [-0.05, 0) is 37.6 Å². The first kappa shape index (κ1) is 16.3. The molecule has 0 unspecified atom stereocenters. The Kier molecular flexibility index (Phi) is 4.16. The number of rotatable bonds is 4. The maximum atomic E-state index is 12.3. The minimum atomic E-state index is -3.98. The lowest BCUT2D eigenvalue weighted by molar-refractivity contribution is 0.0980. The Balaban J connectivity index is 1.85. The van der Waals surface area contributed by atoms with E-state index in [2.05, 4.69) is 15.1 Å². The molecule has 3 rings (SSSR count). The lowest BCUT2D eigenvalue weighted by atomic mass is 10.1. The maximum absolute atomic E-state index is 12.3. The van der Waals surface area contributed by atoms with Crippen molar-refractivity contribution in [1.29, 1.82) is 0 Å². The topological polar surface area (TPSA) is 107 Å². The van der Waals surface area contributed by atoms with Crippen molar-refractivity contribution in [2.24, 2.45) is 0 Å². The molecule has 2 heterocycles. The van der Waals surface area contributed by atoms with Crippen LogP contribution in [0, 0.1) is 13.8 Å². The lowest BCUT2D eigenvalue weighted by Gasteiger charge is -2.09. The van der Waals surface area contributed by atoms with E-state index >= 15 is 0 Å². The van der Waals surface area contributed by atoms with Crippen LogP contribution in [0.5, 0.6) is 0 Å². The summed E-state index contributed by atoms with van der Waals surface area (Å²) in [6, 6.07) is 4.93. The minimum absolute atomic E-state index is 0.157. The summed E-state index contributed by atoms with van der Waals surface area (Å²) in [6.45, 7) is 3.41. The van der Waals surface area contributed by atoms with Gasteiger partial charge >= 0.3 is 0 Å². The third-order valence-corrected chi connectivity index (χ3v) is 5.37. The molecule has 3 aromatic rings. The molecule has 0 radical (unpaired) electrons. The van der Waals surface area contributed by atoms with Gasteiger partial charge in [0.25, 0.3) is 15.9 Å². The Morgan fingerprint density at radius 2 is 2.08 bits per heavy atom. The molecule has 0 aliphatic rings. The number of amides is 1. The molecular formula is C14H13N5O3S2. The van der Waals surface area contributed by atoms with Gasteiger partial charge in [-0.25, -0.2) is 19.4 Å². The van der Waals surface area contributed by atoms with E-state index in [1.165, 1.54) is 29.4 Å². The highest BCUT2D eigenvalue weighted by Gasteiger charge is 2.22. The second-order valence-electron chi connectivity index (χ2n) is 4.98. The quantitative estimate of drug-likeness (QED) is 0.752. The molecule has 1 aromatic carbocycles. The minimum Gasteiger partial charge on any atom is -0.268 e. The Labute approximate surface area is 142 Å². The molecule has 1 N–H and O–H groups in total. The zero-order valence-electron chi connectivity index (χ0n) is 12.8. The third-order valence-electron chi connectivity index (χ3n) is 3.24. The van der Waals surface area contributed by atoms with Crippen molar-refractivity contribution >= 4 is 27.3 Å². The molecular weight excluding hydrogens is 350 g/mol. The van der Waals surface area contributed by atoms with E-state index in [-0.39, 0.29) is 10.6 Å². The molecule has 0 saturated carbocycles. The molecule has 8 nitrogen and oxygen atoms in total. The first-order chi connectivity index (χ1) is 11.4. The summed E-state index contributed by atoms with van der Waals surface area (Å²) < 4.78 is 28.0. The van der Waals surface area contributed by atoms with Gasteiger partial charge in [-0.3, -0.25) is 4.79 Å². The van der Waals surface area contributed by atoms with Gasteiger partial charge in [0.1, 0.15) is 12.7 Å². The molecule has 124 valence electrons. The molecule has 0 atom stereocenters. The highest BCUT2D eigenvalue weighted by atomic mass is 32.2. The largest absolute Gasteiger partial charge is 0.282 e. The monoisotopic (exact) mass is 363 g/mol. The Morgan fingerprint density at radius 3 is 2.67 bits per heavy atom. The standard InChI is InChI=1S/C14H13N5O3S2/c1-9-5-11(19-8-15-7-16-19)3-4-12(9)14(20)18-24(21,22)13-6-23-10(2)17-13/h3-8H,1-2H3,(H,18,20). The van der Waals surface area contributed by atoms with E-state index < -0.39 is 15.9 Å². The molecule has 1 amide bonds. The first-order valence-electron chi connectivity index (χ1n) is 6.82. The molecule has 0 bridgehead atoms.